The Balaban J connectivity index is 3.84. The van der Waals surface area contributed by atoms with Gasteiger partial charge in [-0.2, -0.15) is 0 Å². The molecule has 2 N–H and O–H groups in total. The highest BCUT2D eigenvalue weighted by atomic mass is 16.3. The summed E-state index contributed by atoms with van der Waals surface area (Å²) in [6, 6.07) is -0.278. The minimum Gasteiger partial charge on any atom is -0.394 e. The van der Waals surface area contributed by atoms with Gasteiger partial charge in [0.25, 0.3) is 0 Å². The molecule has 0 aliphatic carbocycles. The van der Waals surface area contributed by atoms with Crippen LogP contribution in [-0.2, 0) is 0 Å². The molecule has 0 bridgehead atoms. The van der Waals surface area contributed by atoms with Gasteiger partial charge in [0.1, 0.15) is 0 Å². The average molecular weight is 174 g/mol. The maximum atomic E-state index is 11.3. The topological polar surface area (TPSA) is 52.6 Å². The Morgan fingerprint density at radius 3 is 2.33 bits per heavy atom. The summed E-state index contributed by atoms with van der Waals surface area (Å²) in [5.74, 6) is 0. The van der Waals surface area contributed by atoms with Gasteiger partial charge in [0, 0.05) is 13.1 Å². The van der Waals surface area contributed by atoms with Gasteiger partial charge in [-0.25, -0.2) is 4.79 Å². The van der Waals surface area contributed by atoms with Crippen molar-refractivity contribution in [2.45, 2.75) is 26.8 Å². The lowest BCUT2D eigenvalue weighted by molar-refractivity contribution is 0.189. The molecule has 0 saturated heterocycles. The van der Waals surface area contributed by atoms with Crippen LogP contribution >= 0.6 is 0 Å². The van der Waals surface area contributed by atoms with Gasteiger partial charge in [-0.15, -0.1) is 0 Å². The van der Waals surface area contributed by atoms with E-state index in [2.05, 4.69) is 5.32 Å². The number of amides is 2. The Morgan fingerprint density at radius 2 is 2.00 bits per heavy atom. The molecule has 0 saturated carbocycles. The van der Waals surface area contributed by atoms with Crippen LogP contribution in [0.1, 0.15) is 20.8 Å². The highest BCUT2D eigenvalue weighted by Gasteiger charge is 2.10. The van der Waals surface area contributed by atoms with Crippen LogP contribution in [0.5, 0.6) is 0 Å². The van der Waals surface area contributed by atoms with Crippen molar-refractivity contribution in [1.29, 1.82) is 0 Å². The van der Waals surface area contributed by atoms with Crippen LogP contribution in [0.25, 0.3) is 0 Å². The van der Waals surface area contributed by atoms with Gasteiger partial charge in [0.05, 0.1) is 12.6 Å². The van der Waals surface area contributed by atoms with E-state index in [0.29, 0.717) is 13.1 Å². The molecule has 72 valence electrons. The fraction of sp³-hybridized carbons (Fsp3) is 0.875. The third kappa shape index (κ3) is 3.57. The van der Waals surface area contributed by atoms with Gasteiger partial charge in [-0.1, -0.05) is 0 Å². The van der Waals surface area contributed by atoms with E-state index in [9.17, 15) is 4.79 Å². The maximum absolute atomic E-state index is 11.3. The molecule has 12 heavy (non-hydrogen) atoms. The molecule has 0 aromatic carbocycles. The number of carbonyl (C=O) groups excluding carboxylic acids is 1. The number of hydrogen-bond donors (Lipinski definition) is 2. The van der Waals surface area contributed by atoms with Crippen LogP contribution in [0.3, 0.4) is 0 Å². The van der Waals surface area contributed by atoms with E-state index in [1.54, 1.807) is 11.8 Å². The van der Waals surface area contributed by atoms with Crippen molar-refractivity contribution in [1.82, 2.24) is 10.2 Å². The maximum Gasteiger partial charge on any atom is 0.317 e. The van der Waals surface area contributed by atoms with Gasteiger partial charge in [-0.3, -0.25) is 0 Å². The third-order valence-electron chi connectivity index (χ3n) is 1.69. The zero-order chi connectivity index (χ0) is 9.56. The van der Waals surface area contributed by atoms with Crippen molar-refractivity contribution in [3.05, 3.63) is 0 Å². The normalized spacial score (nSPS) is 12.3. The second-order valence-corrected chi connectivity index (χ2v) is 2.71. The highest BCUT2D eigenvalue weighted by molar-refractivity contribution is 5.74. The summed E-state index contributed by atoms with van der Waals surface area (Å²) in [5, 5.41) is 11.3. The Kier molecular flexibility index (Phi) is 5.45. The molecule has 0 radical (unpaired) electrons. The van der Waals surface area contributed by atoms with E-state index < -0.39 is 0 Å². The molecule has 1 unspecified atom stereocenters. The first-order valence-electron chi connectivity index (χ1n) is 4.31. The number of hydrogen-bond acceptors (Lipinski definition) is 2. The minimum atomic E-state index is -0.168. The van der Waals surface area contributed by atoms with Crippen LogP contribution in [-0.4, -0.2) is 41.8 Å². The van der Waals surface area contributed by atoms with E-state index >= 15 is 0 Å². The highest BCUT2D eigenvalue weighted by Crippen LogP contribution is 1.89. The molecule has 4 heteroatoms. The first-order chi connectivity index (χ1) is 5.65. The first-order valence-corrected chi connectivity index (χ1v) is 4.31. The van der Waals surface area contributed by atoms with E-state index in [4.69, 9.17) is 5.11 Å². The number of aliphatic hydroxyl groups is 1. The molecule has 2 amide bonds. The lowest BCUT2D eigenvalue weighted by Gasteiger charge is -2.21. The van der Waals surface area contributed by atoms with Crippen molar-refractivity contribution in [3.8, 4) is 0 Å². The summed E-state index contributed by atoms with van der Waals surface area (Å²) >= 11 is 0. The van der Waals surface area contributed by atoms with Gasteiger partial charge < -0.3 is 15.3 Å². The molecular formula is C8H18N2O2. The van der Waals surface area contributed by atoms with Crippen LogP contribution < -0.4 is 5.32 Å². The average Bonchev–Trinajstić information content (AvgIpc) is 2.06. The second kappa shape index (κ2) is 5.83. The summed E-state index contributed by atoms with van der Waals surface area (Å²) in [6.07, 6.45) is 0. The number of urea groups is 1. The molecule has 0 fully saturated rings. The molecule has 1 atom stereocenters. The molecule has 0 rings (SSSR count). The van der Waals surface area contributed by atoms with E-state index in [0.717, 1.165) is 0 Å². The lowest BCUT2D eigenvalue weighted by Crippen LogP contribution is -2.44. The standard InChI is InChI=1S/C8H18N2O2/c1-4-10(5-2)8(12)9-7(3)6-11/h7,11H,4-6H2,1-3H3,(H,9,12). The second-order valence-electron chi connectivity index (χ2n) is 2.71. The Hall–Kier alpha value is -0.770. The SMILES string of the molecule is CCN(CC)C(=O)NC(C)CO. The number of carbonyl (C=O) groups is 1. The monoisotopic (exact) mass is 174 g/mol. The quantitative estimate of drug-likeness (QED) is 0.649. The van der Waals surface area contributed by atoms with Crippen LogP contribution in [0.2, 0.25) is 0 Å². The predicted molar refractivity (Wildman–Crippen MR) is 48.0 cm³/mol. The molecule has 4 nitrogen and oxygen atoms in total. The van der Waals surface area contributed by atoms with E-state index in [-0.39, 0.29) is 18.7 Å². The van der Waals surface area contributed by atoms with Gasteiger partial charge in [0.2, 0.25) is 0 Å². The Labute approximate surface area is 73.6 Å². The number of nitrogens with one attached hydrogen (secondary N) is 1. The fourth-order valence-corrected chi connectivity index (χ4v) is 0.859. The zero-order valence-corrected chi connectivity index (χ0v) is 8.00. The van der Waals surface area contributed by atoms with Crippen molar-refractivity contribution in [2.75, 3.05) is 19.7 Å². The summed E-state index contributed by atoms with van der Waals surface area (Å²) in [7, 11) is 0. The molecule has 0 aliphatic heterocycles. The number of aliphatic hydroxyl groups excluding tert-OH is 1. The largest absolute Gasteiger partial charge is 0.394 e. The number of nitrogens with zero attached hydrogens (tertiary/aromatic N) is 1. The van der Waals surface area contributed by atoms with E-state index in [1.807, 2.05) is 13.8 Å². The molecule has 0 aromatic heterocycles. The predicted octanol–water partition coefficient (Wildman–Crippen LogP) is 0.419. The summed E-state index contributed by atoms with van der Waals surface area (Å²) in [6.45, 7) is 6.98. The Bertz CT molecular complexity index is 135. The summed E-state index contributed by atoms with van der Waals surface area (Å²) in [4.78, 5) is 13.0. The molecular weight excluding hydrogens is 156 g/mol. The number of rotatable bonds is 4. The van der Waals surface area contributed by atoms with Gasteiger partial charge >= 0.3 is 6.03 Å². The van der Waals surface area contributed by atoms with E-state index in [1.165, 1.54) is 0 Å². The molecule has 0 spiro atoms. The summed E-state index contributed by atoms with van der Waals surface area (Å²) < 4.78 is 0. The smallest absolute Gasteiger partial charge is 0.317 e. The van der Waals surface area contributed by atoms with Crippen molar-refractivity contribution in [3.63, 3.8) is 0 Å². The van der Waals surface area contributed by atoms with Crippen molar-refractivity contribution >= 4 is 6.03 Å². The van der Waals surface area contributed by atoms with Gasteiger partial charge in [-0.05, 0) is 20.8 Å². The lowest BCUT2D eigenvalue weighted by atomic mass is 10.4. The van der Waals surface area contributed by atoms with Crippen molar-refractivity contribution in [2.24, 2.45) is 0 Å². The van der Waals surface area contributed by atoms with Crippen LogP contribution in [0, 0.1) is 0 Å². The molecule has 0 aromatic rings. The molecule has 0 aliphatic rings. The van der Waals surface area contributed by atoms with Crippen LogP contribution in [0.4, 0.5) is 4.79 Å². The molecule has 0 heterocycles. The Morgan fingerprint density at radius 1 is 1.50 bits per heavy atom. The minimum absolute atomic E-state index is 0.0208. The van der Waals surface area contributed by atoms with Gasteiger partial charge in [0.15, 0.2) is 0 Å². The zero-order valence-electron chi connectivity index (χ0n) is 8.00. The third-order valence-corrected chi connectivity index (χ3v) is 1.69. The van der Waals surface area contributed by atoms with Crippen LogP contribution in [0.15, 0.2) is 0 Å². The first kappa shape index (κ1) is 11.2. The fourth-order valence-electron chi connectivity index (χ4n) is 0.859. The van der Waals surface area contributed by atoms with Crippen molar-refractivity contribution < 1.29 is 9.90 Å². The summed E-state index contributed by atoms with van der Waals surface area (Å²) in [5.41, 5.74) is 0.